The minimum atomic E-state index is -4.62. The number of aromatic amines is 2. The first kappa shape index (κ1) is 19.8. The van der Waals surface area contributed by atoms with E-state index in [0.717, 1.165) is 23.5 Å². The van der Waals surface area contributed by atoms with Gasteiger partial charge in [0, 0.05) is 13.6 Å². The van der Waals surface area contributed by atoms with Gasteiger partial charge in [-0.05, 0) is 29.8 Å². The van der Waals surface area contributed by atoms with E-state index in [1.165, 1.54) is 30.3 Å². The molecule has 3 aromatic rings. The van der Waals surface area contributed by atoms with Crippen molar-refractivity contribution in [2.45, 2.75) is 17.6 Å². The van der Waals surface area contributed by atoms with Gasteiger partial charge < -0.3 is 9.97 Å². The first-order valence-corrected chi connectivity index (χ1v) is 9.32. The van der Waals surface area contributed by atoms with Gasteiger partial charge in [-0.3, -0.25) is 9.59 Å². The van der Waals surface area contributed by atoms with Gasteiger partial charge >= 0.3 is 17.3 Å². The average Bonchev–Trinajstić information content (AvgIpc) is 2.61. The highest BCUT2D eigenvalue weighted by atomic mass is 32.2. The number of nitrogens with one attached hydrogen (secondary N) is 2. The molecule has 0 saturated heterocycles. The molecule has 0 aliphatic heterocycles. The van der Waals surface area contributed by atoms with Crippen LogP contribution in [0.15, 0.2) is 56.9 Å². The van der Waals surface area contributed by atoms with Crippen LogP contribution in [-0.2, 0) is 22.7 Å². The maximum atomic E-state index is 13.1. The van der Waals surface area contributed by atoms with Gasteiger partial charge in [0.05, 0.1) is 21.5 Å². The van der Waals surface area contributed by atoms with Crippen LogP contribution in [0.2, 0.25) is 0 Å². The third kappa shape index (κ3) is 3.71. The first-order valence-electron chi connectivity index (χ1n) is 7.88. The fourth-order valence-corrected chi connectivity index (χ4v) is 3.87. The lowest BCUT2D eigenvalue weighted by atomic mass is 10.1. The number of hydrogen-bond acceptors (Lipinski definition) is 4. The quantitative estimate of drug-likeness (QED) is 0.639. The molecule has 2 aromatic carbocycles. The fourth-order valence-electron chi connectivity index (χ4n) is 2.69. The molecule has 148 valence electrons. The van der Waals surface area contributed by atoms with Gasteiger partial charge in [0.1, 0.15) is 0 Å². The molecule has 2 N–H and O–H groups in total. The Labute approximate surface area is 156 Å². The molecule has 1 heterocycles. The maximum absolute atomic E-state index is 13.1. The van der Waals surface area contributed by atoms with E-state index in [4.69, 9.17) is 0 Å². The van der Waals surface area contributed by atoms with Crippen LogP contribution in [-0.4, -0.2) is 29.7 Å². The van der Waals surface area contributed by atoms with Crippen LogP contribution in [0.4, 0.5) is 13.2 Å². The van der Waals surface area contributed by atoms with Crippen LogP contribution in [0, 0.1) is 0 Å². The molecule has 0 fully saturated rings. The predicted molar refractivity (Wildman–Crippen MR) is 95.3 cm³/mol. The minimum Gasteiger partial charge on any atom is -0.316 e. The van der Waals surface area contributed by atoms with Crippen molar-refractivity contribution in [1.82, 2.24) is 14.3 Å². The highest BCUT2D eigenvalue weighted by Gasteiger charge is 2.34. The maximum Gasteiger partial charge on any atom is 0.416 e. The number of nitrogens with zero attached hydrogens (tertiary/aromatic N) is 1. The van der Waals surface area contributed by atoms with E-state index in [2.05, 4.69) is 9.97 Å². The Hall–Kier alpha value is -2.92. The Morgan fingerprint density at radius 1 is 0.964 bits per heavy atom. The first-order chi connectivity index (χ1) is 13.0. The van der Waals surface area contributed by atoms with Crippen molar-refractivity contribution < 1.29 is 21.6 Å². The van der Waals surface area contributed by atoms with Crippen molar-refractivity contribution in [3.63, 3.8) is 0 Å². The third-order valence-electron chi connectivity index (χ3n) is 4.12. The topological polar surface area (TPSA) is 103 Å². The lowest BCUT2D eigenvalue weighted by Crippen LogP contribution is -2.29. The molecule has 0 aliphatic rings. The molecule has 0 atom stereocenters. The molecule has 0 saturated carbocycles. The van der Waals surface area contributed by atoms with Crippen molar-refractivity contribution in [1.29, 1.82) is 0 Å². The minimum absolute atomic E-state index is 0.0785. The number of fused-ring (bicyclic) bond motifs is 1. The van der Waals surface area contributed by atoms with E-state index >= 15 is 0 Å². The van der Waals surface area contributed by atoms with Crippen LogP contribution in [0.5, 0.6) is 0 Å². The lowest BCUT2D eigenvalue weighted by molar-refractivity contribution is -0.138. The van der Waals surface area contributed by atoms with E-state index in [1.807, 2.05) is 0 Å². The molecule has 28 heavy (non-hydrogen) atoms. The molecular formula is C17H14F3N3O4S. The molecule has 0 unspecified atom stereocenters. The molecule has 1 aromatic heterocycles. The average molecular weight is 413 g/mol. The lowest BCUT2D eigenvalue weighted by Gasteiger charge is -2.20. The van der Waals surface area contributed by atoms with Crippen molar-refractivity contribution >= 4 is 21.1 Å². The number of hydrogen-bond donors (Lipinski definition) is 2. The number of benzene rings is 2. The second-order valence-corrected chi connectivity index (χ2v) is 8.08. The number of H-pyrrole nitrogens is 2. The Kier molecular flexibility index (Phi) is 4.90. The van der Waals surface area contributed by atoms with Gasteiger partial charge in [-0.15, -0.1) is 0 Å². The predicted octanol–water partition coefficient (Wildman–Crippen LogP) is 2.06. The van der Waals surface area contributed by atoms with Gasteiger partial charge in [0.2, 0.25) is 10.0 Å². The van der Waals surface area contributed by atoms with E-state index in [9.17, 15) is 31.2 Å². The summed E-state index contributed by atoms with van der Waals surface area (Å²) in [4.78, 5) is 27.1. The molecule has 0 radical (unpaired) electrons. The van der Waals surface area contributed by atoms with Gasteiger partial charge in [-0.2, -0.15) is 17.5 Å². The highest BCUT2D eigenvalue weighted by Crippen LogP contribution is 2.33. The van der Waals surface area contributed by atoms with Gasteiger partial charge in [-0.25, -0.2) is 8.42 Å². The Morgan fingerprint density at radius 2 is 1.57 bits per heavy atom. The van der Waals surface area contributed by atoms with Crippen molar-refractivity contribution in [3.8, 4) is 0 Å². The standard InChI is InChI=1S/C17H14F3N3O4S/c1-23(9-10-4-2-3-5-12(10)17(18,19)20)28(26,27)11-6-7-13-14(8-11)22-16(25)15(24)21-13/h2-8H,9H2,1H3,(H,21,24)(H,22,25). The monoisotopic (exact) mass is 413 g/mol. The van der Waals surface area contributed by atoms with Crippen LogP contribution >= 0.6 is 0 Å². The van der Waals surface area contributed by atoms with Crippen molar-refractivity contribution in [2.75, 3.05) is 7.05 Å². The highest BCUT2D eigenvalue weighted by molar-refractivity contribution is 7.89. The fraction of sp³-hybridized carbons (Fsp3) is 0.176. The molecule has 0 spiro atoms. The van der Waals surface area contributed by atoms with E-state index in [1.54, 1.807) is 0 Å². The van der Waals surface area contributed by atoms with E-state index in [-0.39, 0.29) is 21.5 Å². The summed E-state index contributed by atoms with van der Waals surface area (Å²) in [5.41, 5.74) is -2.65. The summed E-state index contributed by atoms with van der Waals surface area (Å²) in [5.74, 6) is 0. The zero-order valence-electron chi connectivity index (χ0n) is 14.4. The Morgan fingerprint density at radius 3 is 2.21 bits per heavy atom. The SMILES string of the molecule is CN(Cc1ccccc1C(F)(F)F)S(=O)(=O)c1ccc2[nH]c(=O)c(=O)[nH]c2c1. The molecule has 7 nitrogen and oxygen atoms in total. The molecule has 0 aliphatic carbocycles. The van der Waals surface area contributed by atoms with Crippen molar-refractivity contribution in [3.05, 3.63) is 74.3 Å². The summed E-state index contributed by atoms with van der Waals surface area (Å²) in [5, 5.41) is 0. The van der Waals surface area contributed by atoms with Gasteiger partial charge in [-0.1, -0.05) is 18.2 Å². The van der Waals surface area contributed by atoms with Crippen LogP contribution in [0.1, 0.15) is 11.1 Å². The van der Waals surface area contributed by atoms with E-state index < -0.39 is 39.4 Å². The second kappa shape index (κ2) is 6.91. The number of aromatic nitrogens is 2. The second-order valence-electron chi connectivity index (χ2n) is 6.03. The number of alkyl halides is 3. The summed E-state index contributed by atoms with van der Waals surface area (Å²) in [6.07, 6.45) is -4.62. The summed E-state index contributed by atoms with van der Waals surface area (Å²) >= 11 is 0. The summed E-state index contributed by atoms with van der Waals surface area (Å²) in [6, 6.07) is 8.32. The van der Waals surface area contributed by atoms with Crippen LogP contribution in [0.3, 0.4) is 0 Å². The normalized spacial score (nSPS) is 12.6. The van der Waals surface area contributed by atoms with Crippen LogP contribution < -0.4 is 11.1 Å². The molecular weight excluding hydrogens is 399 g/mol. The molecule has 0 bridgehead atoms. The molecule has 3 rings (SSSR count). The number of rotatable bonds is 4. The Balaban J connectivity index is 1.99. The van der Waals surface area contributed by atoms with E-state index in [0.29, 0.717) is 0 Å². The molecule has 0 amide bonds. The largest absolute Gasteiger partial charge is 0.416 e. The summed E-state index contributed by atoms with van der Waals surface area (Å²) in [6.45, 7) is -0.502. The van der Waals surface area contributed by atoms with Gasteiger partial charge in [0.15, 0.2) is 0 Å². The summed E-state index contributed by atoms with van der Waals surface area (Å²) in [7, 11) is -3.01. The zero-order chi connectivity index (χ0) is 20.7. The molecule has 11 heteroatoms. The van der Waals surface area contributed by atoms with Crippen LogP contribution in [0.25, 0.3) is 11.0 Å². The smallest absolute Gasteiger partial charge is 0.316 e. The number of sulfonamides is 1. The Bertz CT molecular complexity index is 1260. The summed E-state index contributed by atoms with van der Waals surface area (Å²) < 4.78 is 65.7. The number of halogens is 3. The van der Waals surface area contributed by atoms with Crippen molar-refractivity contribution in [2.24, 2.45) is 0 Å². The third-order valence-corrected chi connectivity index (χ3v) is 5.92. The zero-order valence-corrected chi connectivity index (χ0v) is 15.2. The van der Waals surface area contributed by atoms with Gasteiger partial charge in [0.25, 0.3) is 0 Å².